The van der Waals surface area contributed by atoms with Crippen molar-refractivity contribution in [3.05, 3.63) is 22.6 Å². The number of hydrogen-bond donors (Lipinski definition) is 1. The number of hydrogen-bond acceptors (Lipinski definition) is 2. The molecule has 2 nitrogen and oxygen atoms in total. The van der Waals surface area contributed by atoms with Gasteiger partial charge in [0.1, 0.15) is 5.76 Å². The summed E-state index contributed by atoms with van der Waals surface area (Å²) in [5, 5.41) is 3.51. The van der Waals surface area contributed by atoms with Crippen LogP contribution in [0.15, 0.2) is 21.2 Å². The van der Waals surface area contributed by atoms with Crippen LogP contribution >= 0.6 is 15.9 Å². The molecule has 1 N–H and O–H groups in total. The minimum Gasteiger partial charge on any atom is -0.467 e. The molecule has 0 atom stereocenters. The Bertz CT molecular complexity index is 291. The van der Waals surface area contributed by atoms with Gasteiger partial charge in [0.15, 0.2) is 0 Å². The summed E-state index contributed by atoms with van der Waals surface area (Å²) >= 11 is 3.44. The van der Waals surface area contributed by atoms with Gasteiger partial charge in [0, 0.05) is 5.54 Å². The lowest BCUT2D eigenvalue weighted by Gasteiger charge is -2.39. The summed E-state index contributed by atoms with van der Waals surface area (Å²) in [6.07, 6.45) is 5.63. The van der Waals surface area contributed by atoms with Crippen molar-refractivity contribution in [2.75, 3.05) is 0 Å². The first-order valence-electron chi connectivity index (χ1n) is 4.67. The molecular weight excluding hydrogens is 230 g/mol. The first kappa shape index (κ1) is 9.28. The van der Waals surface area contributed by atoms with Gasteiger partial charge in [0.2, 0.25) is 0 Å². The van der Waals surface area contributed by atoms with E-state index in [4.69, 9.17) is 4.42 Å². The summed E-state index contributed by atoms with van der Waals surface area (Å²) in [4.78, 5) is 0. The van der Waals surface area contributed by atoms with Crippen molar-refractivity contribution in [1.29, 1.82) is 0 Å². The molecule has 0 aliphatic heterocycles. The molecule has 0 unspecified atom stereocenters. The van der Waals surface area contributed by atoms with E-state index in [2.05, 4.69) is 28.2 Å². The molecule has 0 saturated heterocycles. The Morgan fingerprint density at radius 3 is 2.85 bits per heavy atom. The molecule has 0 bridgehead atoms. The molecular formula is C10H14BrNO. The molecule has 13 heavy (non-hydrogen) atoms. The molecule has 0 radical (unpaired) electrons. The van der Waals surface area contributed by atoms with Crippen molar-refractivity contribution in [1.82, 2.24) is 5.32 Å². The first-order chi connectivity index (χ1) is 6.20. The van der Waals surface area contributed by atoms with Gasteiger partial charge in [-0.2, -0.15) is 0 Å². The normalized spacial score (nSPS) is 19.8. The molecule has 2 rings (SSSR count). The van der Waals surface area contributed by atoms with E-state index in [1.54, 1.807) is 6.26 Å². The maximum atomic E-state index is 5.32. The van der Waals surface area contributed by atoms with Crippen LogP contribution in [0.3, 0.4) is 0 Å². The van der Waals surface area contributed by atoms with E-state index in [0.29, 0.717) is 5.54 Å². The van der Waals surface area contributed by atoms with Crippen LogP contribution in [0.1, 0.15) is 31.9 Å². The number of nitrogens with one attached hydrogen (secondary N) is 1. The third-order valence-corrected chi connectivity index (χ3v) is 3.53. The monoisotopic (exact) mass is 243 g/mol. The average Bonchev–Trinajstić information content (AvgIpc) is 2.44. The van der Waals surface area contributed by atoms with E-state index >= 15 is 0 Å². The molecule has 1 aromatic heterocycles. The van der Waals surface area contributed by atoms with Crippen LogP contribution in [0.2, 0.25) is 0 Å². The fourth-order valence-electron chi connectivity index (χ4n) is 1.63. The van der Waals surface area contributed by atoms with Crippen molar-refractivity contribution in [3.8, 4) is 0 Å². The highest BCUT2D eigenvalue weighted by molar-refractivity contribution is 9.10. The molecule has 1 aromatic rings. The van der Waals surface area contributed by atoms with Gasteiger partial charge in [0.05, 0.1) is 17.3 Å². The van der Waals surface area contributed by atoms with E-state index in [1.165, 1.54) is 19.3 Å². The fourth-order valence-corrected chi connectivity index (χ4v) is 1.97. The van der Waals surface area contributed by atoms with Crippen molar-refractivity contribution in [2.45, 2.75) is 38.3 Å². The smallest absolute Gasteiger partial charge is 0.131 e. The average molecular weight is 244 g/mol. The van der Waals surface area contributed by atoms with Gasteiger partial charge in [-0.25, -0.2) is 0 Å². The molecule has 1 saturated carbocycles. The van der Waals surface area contributed by atoms with Crippen molar-refractivity contribution >= 4 is 15.9 Å². The van der Waals surface area contributed by atoms with E-state index < -0.39 is 0 Å². The maximum Gasteiger partial charge on any atom is 0.131 e. The Kier molecular flexibility index (Phi) is 2.47. The minimum absolute atomic E-state index is 0.353. The molecule has 1 heterocycles. The minimum atomic E-state index is 0.353. The van der Waals surface area contributed by atoms with Gasteiger partial charge in [-0.15, -0.1) is 0 Å². The summed E-state index contributed by atoms with van der Waals surface area (Å²) < 4.78 is 6.38. The van der Waals surface area contributed by atoms with Crippen LogP contribution in [0, 0.1) is 0 Å². The third kappa shape index (κ3) is 1.97. The first-order valence-corrected chi connectivity index (χ1v) is 5.46. The van der Waals surface area contributed by atoms with Gasteiger partial charge < -0.3 is 9.73 Å². The zero-order valence-corrected chi connectivity index (χ0v) is 9.36. The van der Waals surface area contributed by atoms with Gasteiger partial charge >= 0.3 is 0 Å². The lowest BCUT2D eigenvalue weighted by molar-refractivity contribution is 0.201. The van der Waals surface area contributed by atoms with Crippen molar-refractivity contribution < 1.29 is 4.42 Å². The Morgan fingerprint density at radius 1 is 1.62 bits per heavy atom. The number of furan rings is 1. The molecule has 72 valence electrons. The molecule has 1 fully saturated rings. The Morgan fingerprint density at radius 2 is 2.38 bits per heavy atom. The molecule has 3 heteroatoms. The third-order valence-electron chi connectivity index (χ3n) is 2.82. The van der Waals surface area contributed by atoms with E-state index in [-0.39, 0.29) is 0 Å². The largest absolute Gasteiger partial charge is 0.467 e. The highest BCUT2D eigenvalue weighted by Gasteiger charge is 2.31. The Balaban J connectivity index is 1.89. The van der Waals surface area contributed by atoms with E-state index in [0.717, 1.165) is 16.8 Å². The molecule has 1 aliphatic carbocycles. The van der Waals surface area contributed by atoms with Gasteiger partial charge in [0.25, 0.3) is 0 Å². The standard InChI is InChI=1S/C10H14BrNO/c1-10(4-2-5-10)12-7-9-8(11)3-6-13-9/h3,6,12H,2,4-5,7H2,1H3. The van der Waals surface area contributed by atoms with E-state index in [9.17, 15) is 0 Å². The zero-order valence-electron chi connectivity index (χ0n) is 7.77. The van der Waals surface area contributed by atoms with Crippen LogP contribution in [0.25, 0.3) is 0 Å². The van der Waals surface area contributed by atoms with E-state index in [1.807, 2.05) is 6.07 Å². The van der Waals surface area contributed by atoms with Crippen LogP contribution in [0.5, 0.6) is 0 Å². The number of halogens is 1. The summed E-state index contributed by atoms with van der Waals surface area (Å²) in [5.74, 6) is 0.994. The lowest BCUT2D eigenvalue weighted by atomic mass is 9.78. The van der Waals surface area contributed by atoms with Crippen LogP contribution in [0.4, 0.5) is 0 Å². The second kappa shape index (κ2) is 3.46. The second-order valence-electron chi connectivity index (χ2n) is 3.96. The fraction of sp³-hybridized carbons (Fsp3) is 0.600. The quantitative estimate of drug-likeness (QED) is 0.883. The number of rotatable bonds is 3. The van der Waals surface area contributed by atoms with Crippen LogP contribution in [-0.4, -0.2) is 5.54 Å². The second-order valence-corrected chi connectivity index (χ2v) is 4.81. The molecule has 0 aromatic carbocycles. The van der Waals surface area contributed by atoms with Crippen LogP contribution in [-0.2, 0) is 6.54 Å². The summed E-state index contributed by atoms with van der Waals surface area (Å²) in [6, 6.07) is 1.93. The summed E-state index contributed by atoms with van der Waals surface area (Å²) in [6.45, 7) is 3.09. The lowest BCUT2D eigenvalue weighted by Crippen LogP contribution is -2.47. The van der Waals surface area contributed by atoms with Gasteiger partial charge in [-0.05, 0) is 48.2 Å². The molecule has 0 spiro atoms. The zero-order chi connectivity index (χ0) is 9.31. The van der Waals surface area contributed by atoms with Crippen molar-refractivity contribution in [2.24, 2.45) is 0 Å². The highest BCUT2D eigenvalue weighted by Crippen LogP contribution is 2.31. The predicted molar refractivity (Wildman–Crippen MR) is 55.5 cm³/mol. The highest BCUT2D eigenvalue weighted by atomic mass is 79.9. The maximum absolute atomic E-state index is 5.32. The Hall–Kier alpha value is -0.280. The summed E-state index contributed by atoms with van der Waals surface area (Å²) in [7, 11) is 0. The Labute approximate surface area is 86.8 Å². The van der Waals surface area contributed by atoms with Gasteiger partial charge in [-0.3, -0.25) is 0 Å². The molecule has 0 amide bonds. The van der Waals surface area contributed by atoms with Gasteiger partial charge in [-0.1, -0.05) is 0 Å². The predicted octanol–water partition coefficient (Wildman–Crippen LogP) is 3.07. The topological polar surface area (TPSA) is 25.2 Å². The van der Waals surface area contributed by atoms with Crippen LogP contribution < -0.4 is 5.32 Å². The summed E-state index contributed by atoms with van der Waals surface area (Å²) in [5.41, 5.74) is 0.353. The van der Waals surface area contributed by atoms with Crippen molar-refractivity contribution in [3.63, 3.8) is 0 Å². The molecule has 1 aliphatic rings. The SMILES string of the molecule is CC1(NCc2occc2Br)CCC1.